The Morgan fingerprint density at radius 2 is 2.07 bits per heavy atom. The quantitative estimate of drug-likeness (QED) is 0.374. The lowest BCUT2D eigenvalue weighted by Crippen LogP contribution is -2.37. The number of rotatable bonds is 9. The Bertz CT molecular complexity index is 815. The Hall–Kier alpha value is -3.21. The molecule has 1 amide bonds. The van der Waals surface area contributed by atoms with Crippen LogP contribution in [-0.2, 0) is 20.7 Å². The Kier molecular flexibility index (Phi) is 9.01. The van der Waals surface area contributed by atoms with Crippen LogP contribution >= 0.6 is 0 Å². The van der Waals surface area contributed by atoms with Crippen LogP contribution in [0.25, 0.3) is 0 Å². The van der Waals surface area contributed by atoms with Crippen LogP contribution < -0.4 is 14.8 Å². The van der Waals surface area contributed by atoms with Gasteiger partial charge in [0.1, 0.15) is 11.6 Å². The first-order chi connectivity index (χ1) is 14.5. The number of nitrogens with zero attached hydrogens (tertiary/aromatic N) is 2. The number of hydrogen-bond acceptors (Lipinski definition) is 7. The van der Waals surface area contributed by atoms with E-state index in [0.29, 0.717) is 44.2 Å². The summed E-state index contributed by atoms with van der Waals surface area (Å²) < 4.78 is 15.6. The van der Waals surface area contributed by atoms with Crippen LogP contribution in [0.2, 0.25) is 0 Å². The molecule has 0 bridgehead atoms. The predicted octanol–water partition coefficient (Wildman–Crippen LogP) is 2.05. The highest BCUT2D eigenvalue weighted by Crippen LogP contribution is 2.27. The van der Waals surface area contributed by atoms with Gasteiger partial charge in [-0.05, 0) is 43.9 Å². The minimum atomic E-state index is -0.434. The van der Waals surface area contributed by atoms with Gasteiger partial charge in [0, 0.05) is 25.8 Å². The lowest BCUT2D eigenvalue weighted by molar-refractivity contribution is -0.149. The van der Waals surface area contributed by atoms with Crippen molar-refractivity contribution in [1.82, 2.24) is 10.2 Å². The maximum Gasteiger partial charge on any atom is 0.310 e. The van der Waals surface area contributed by atoms with Crippen LogP contribution in [0.3, 0.4) is 0 Å². The maximum absolute atomic E-state index is 12.4. The minimum Gasteiger partial charge on any atom is -0.493 e. The van der Waals surface area contributed by atoms with E-state index < -0.39 is 5.91 Å². The van der Waals surface area contributed by atoms with E-state index in [1.807, 2.05) is 29.2 Å². The SMILES string of the molecule is CCOC(=O)C1CCCN(/C=C(/C#N)C(=O)NCCc2ccc(OC)c(OC)c2)C1. The molecule has 162 valence electrons. The van der Waals surface area contributed by atoms with Crippen molar-refractivity contribution in [3.63, 3.8) is 0 Å². The molecule has 1 aliphatic rings. The average Bonchev–Trinajstić information content (AvgIpc) is 2.77. The molecule has 1 N–H and O–H groups in total. The maximum atomic E-state index is 12.4. The van der Waals surface area contributed by atoms with E-state index >= 15 is 0 Å². The highest BCUT2D eigenvalue weighted by atomic mass is 16.5. The zero-order valence-electron chi connectivity index (χ0n) is 17.8. The molecule has 1 heterocycles. The van der Waals surface area contributed by atoms with Gasteiger partial charge in [-0.2, -0.15) is 5.26 Å². The lowest BCUT2D eigenvalue weighted by Gasteiger charge is -2.30. The number of carbonyl (C=O) groups excluding carboxylic acids is 2. The van der Waals surface area contributed by atoms with Gasteiger partial charge < -0.3 is 24.4 Å². The molecule has 1 aromatic carbocycles. The topological polar surface area (TPSA) is 101 Å². The molecule has 1 aromatic rings. The number of benzene rings is 1. The average molecular weight is 415 g/mol. The fourth-order valence-electron chi connectivity index (χ4n) is 3.35. The van der Waals surface area contributed by atoms with Crippen molar-refractivity contribution >= 4 is 11.9 Å². The second kappa shape index (κ2) is 11.7. The summed E-state index contributed by atoms with van der Waals surface area (Å²) in [5, 5.41) is 12.2. The Balaban J connectivity index is 1.91. The van der Waals surface area contributed by atoms with Gasteiger partial charge in [0.25, 0.3) is 5.91 Å². The van der Waals surface area contributed by atoms with Gasteiger partial charge in [0.05, 0.1) is 26.7 Å². The second-order valence-electron chi connectivity index (χ2n) is 6.94. The Labute approximate surface area is 177 Å². The smallest absolute Gasteiger partial charge is 0.310 e. The molecule has 1 aliphatic heterocycles. The molecule has 0 aliphatic carbocycles. The Morgan fingerprint density at radius 1 is 1.30 bits per heavy atom. The lowest BCUT2D eigenvalue weighted by atomic mass is 9.98. The summed E-state index contributed by atoms with van der Waals surface area (Å²) in [5.74, 6) is 0.371. The summed E-state index contributed by atoms with van der Waals surface area (Å²) in [7, 11) is 3.14. The molecular formula is C22H29N3O5. The molecule has 1 unspecified atom stereocenters. The molecule has 0 radical (unpaired) electrons. The van der Waals surface area contributed by atoms with Gasteiger partial charge in [-0.25, -0.2) is 0 Å². The Morgan fingerprint density at radius 3 is 2.73 bits per heavy atom. The number of piperidine rings is 1. The fraction of sp³-hybridized carbons (Fsp3) is 0.500. The molecule has 8 heteroatoms. The van der Waals surface area contributed by atoms with Crippen molar-refractivity contribution in [2.45, 2.75) is 26.2 Å². The monoisotopic (exact) mass is 415 g/mol. The molecule has 0 aromatic heterocycles. The van der Waals surface area contributed by atoms with Crippen molar-refractivity contribution in [1.29, 1.82) is 5.26 Å². The highest BCUT2D eigenvalue weighted by Gasteiger charge is 2.26. The van der Waals surface area contributed by atoms with Crippen LogP contribution in [0.15, 0.2) is 30.0 Å². The molecule has 1 fully saturated rings. The predicted molar refractivity (Wildman–Crippen MR) is 111 cm³/mol. The molecular weight excluding hydrogens is 386 g/mol. The third-order valence-electron chi connectivity index (χ3n) is 4.90. The van der Waals surface area contributed by atoms with E-state index in [1.54, 1.807) is 21.1 Å². The zero-order chi connectivity index (χ0) is 21.9. The van der Waals surface area contributed by atoms with Gasteiger partial charge >= 0.3 is 5.97 Å². The van der Waals surface area contributed by atoms with Crippen molar-refractivity contribution in [3.8, 4) is 17.6 Å². The summed E-state index contributed by atoms with van der Waals surface area (Å²) in [6, 6.07) is 7.52. The number of esters is 1. The van der Waals surface area contributed by atoms with Crippen LogP contribution in [0.1, 0.15) is 25.3 Å². The number of likely N-dealkylation sites (tertiary alicyclic amines) is 1. The van der Waals surface area contributed by atoms with E-state index in [4.69, 9.17) is 14.2 Å². The van der Waals surface area contributed by atoms with E-state index in [1.165, 1.54) is 6.20 Å². The number of carbonyl (C=O) groups is 2. The number of nitriles is 1. The van der Waals surface area contributed by atoms with Crippen LogP contribution in [-0.4, -0.2) is 57.2 Å². The van der Waals surface area contributed by atoms with Crippen molar-refractivity contribution in [3.05, 3.63) is 35.5 Å². The normalized spacial score (nSPS) is 16.4. The largest absolute Gasteiger partial charge is 0.493 e. The highest BCUT2D eigenvalue weighted by molar-refractivity contribution is 5.97. The molecule has 0 saturated carbocycles. The molecule has 2 rings (SSSR count). The summed E-state index contributed by atoms with van der Waals surface area (Å²) in [4.78, 5) is 26.2. The molecule has 30 heavy (non-hydrogen) atoms. The number of nitrogens with one attached hydrogen (secondary N) is 1. The molecule has 0 spiro atoms. The first-order valence-electron chi connectivity index (χ1n) is 10.0. The van der Waals surface area contributed by atoms with Gasteiger partial charge in [0.2, 0.25) is 0 Å². The number of ether oxygens (including phenoxy) is 3. The van der Waals surface area contributed by atoms with E-state index in [0.717, 1.165) is 18.4 Å². The third-order valence-corrected chi connectivity index (χ3v) is 4.90. The van der Waals surface area contributed by atoms with E-state index in [9.17, 15) is 14.9 Å². The molecule has 8 nitrogen and oxygen atoms in total. The van der Waals surface area contributed by atoms with E-state index in [-0.39, 0.29) is 17.5 Å². The van der Waals surface area contributed by atoms with Crippen molar-refractivity contribution in [2.75, 3.05) is 40.5 Å². The van der Waals surface area contributed by atoms with Crippen LogP contribution in [0.5, 0.6) is 11.5 Å². The van der Waals surface area contributed by atoms with E-state index in [2.05, 4.69) is 5.32 Å². The van der Waals surface area contributed by atoms with Crippen molar-refractivity contribution < 1.29 is 23.8 Å². The molecule has 1 saturated heterocycles. The van der Waals surface area contributed by atoms with Gasteiger partial charge in [0.15, 0.2) is 11.5 Å². The number of amides is 1. The second-order valence-corrected chi connectivity index (χ2v) is 6.94. The standard InChI is InChI=1S/C22H29N3O5/c1-4-30-22(27)17-6-5-11-25(14-17)15-18(13-23)21(26)24-10-9-16-7-8-19(28-2)20(12-16)29-3/h7-8,12,15,17H,4-6,9-11,14H2,1-3H3,(H,24,26)/b18-15-. The zero-order valence-corrected chi connectivity index (χ0v) is 17.8. The summed E-state index contributed by atoms with van der Waals surface area (Å²) in [5.41, 5.74) is 0.996. The summed E-state index contributed by atoms with van der Waals surface area (Å²) in [6.45, 7) is 3.64. The summed E-state index contributed by atoms with van der Waals surface area (Å²) in [6.07, 6.45) is 3.68. The number of hydrogen-bond donors (Lipinski definition) is 1. The van der Waals surface area contributed by atoms with Crippen molar-refractivity contribution in [2.24, 2.45) is 5.92 Å². The number of methoxy groups -OCH3 is 2. The minimum absolute atomic E-state index is 0.0202. The first kappa shape index (κ1) is 23.1. The third kappa shape index (κ3) is 6.41. The first-order valence-corrected chi connectivity index (χ1v) is 10.0. The van der Waals surface area contributed by atoms with Gasteiger partial charge in [-0.1, -0.05) is 6.07 Å². The van der Waals surface area contributed by atoms with Crippen LogP contribution in [0.4, 0.5) is 0 Å². The fourth-order valence-corrected chi connectivity index (χ4v) is 3.35. The summed E-state index contributed by atoms with van der Waals surface area (Å²) >= 11 is 0. The molecule has 1 atom stereocenters. The van der Waals surface area contributed by atoms with Crippen LogP contribution in [0, 0.1) is 17.2 Å². The van der Waals surface area contributed by atoms with Gasteiger partial charge in [-0.15, -0.1) is 0 Å². The van der Waals surface area contributed by atoms with Gasteiger partial charge in [-0.3, -0.25) is 9.59 Å².